The van der Waals surface area contributed by atoms with Crippen LogP contribution in [0.3, 0.4) is 0 Å². The Morgan fingerprint density at radius 1 is 1.09 bits per heavy atom. The molecule has 0 aliphatic rings. The molecule has 2 rings (SSSR count). The maximum Gasteiger partial charge on any atom is 0.251 e. The van der Waals surface area contributed by atoms with E-state index in [1.165, 1.54) is 24.3 Å². The summed E-state index contributed by atoms with van der Waals surface area (Å²) in [5.41, 5.74) is 1.35. The SMILES string of the molecule is COc1ccc(/C=C/CNC(=O)c2ccc(F)cc2)cc1OC. The molecule has 0 saturated heterocycles. The van der Waals surface area contributed by atoms with Gasteiger partial charge in [0.15, 0.2) is 11.5 Å². The molecule has 0 aromatic heterocycles. The molecule has 1 N–H and O–H groups in total. The fraction of sp³-hybridized carbons (Fsp3) is 0.167. The molecule has 0 unspecified atom stereocenters. The van der Waals surface area contributed by atoms with E-state index >= 15 is 0 Å². The molecule has 120 valence electrons. The molecule has 0 fully saturated rings. The normalized spacial score (nSPS) is 10.6. The van der Waals surface area contributed by atoms with Crippen molar-refractivity contribution in [1.29, 1.82) is 0 Å². The summed E-state index contributed by atoms with van der Waals surface area (Å²) in [6, 6.07) is 11.0. The van der Waals surface area contributed by atoms with Gasteiger partial charge in [-0.25, -0.2) is 4.39 Å². The van der Waals surface area contributed by atoms with E-state index in [9.17, 15) is 9.18 Å². The highest BCUT2D eigenvalue weighted by atomic mass is 19.1. The number of carbonyl (C=O) groups is 1. The van der Waals surface area contributed by atoms with E-state index in [1.807, 2.05) is 30.4 Å². The Morgan fingerprint density at radius 2 is 1.78 bits per heavy atom. The lowest BCUT2D eigenvalue weighted by molar-refractivity contribution is 0.0958. The average molecular weight is 315 g/mol. The molecule has 0 aliphatic carbocycles. The van der Waals surface area contributed by atoms with Gasteiger partial charge in [0.25, 0.3) is 5.91 Å². The zero-order valence-corrected chi connectivity index (χ0v) is 13.0. The summed E-state index contributed by atoms with van der Waals surface area (Å²) in [4.78, 5) is 11.8. The summed E-state index contributed by atoms with van der Waals surface area (Å²) >= 11 is 0. The number of benzene rings is 2. The third-order valence-corrected chi connectivity index (χ3v) is 3.20. The van der Waals surface area contributed by atoms with Crippen LogP contribution in [0.1, 0.15) is 15.9 Å². The van der Waals surface area contributed by atoms with Crippen LogP contribution in [-0.2, 0) is 0 Å². The lowest BCUT2D eigenvalue weighted by Crippen LogP contribution is -2.23. The van der Waals surface area contributed by atoms with Gasteiger partial charge in [0.05, 0.1) is 14.2 Å². The second-order valence-electron chi connectivity index (χ2n) is 4.73. The number of nitrogens with one attached hydrogen (secondary N) is 1. The number of methoxy groups -OCH3 is 2. The molecule has 0 aliphatic heterocycles. The van der Waals surface area contributed by atoms with E-state index in [-0.39, 0.29) is 11.7 Å². The topological polar surface area (TPSA) is 47.6 Å². The van der Waals surface area contributed by atoms with Crippen molar-refractivity contribution in [2.24, 2.45) is 0 Å². The fourth-order valence-electron chi connectivity index (χ4n) is 2.01. The Labute approximate surface area is 134 Å². The smallest absolute Gasteiger partial charge is 0.251 e. The van der Waals surface area contributed by atoms with Crippen LogP contribution >= 0.6 is 0 Å². The van der Waals surface area contributed by atoms with E-state index in [0.717, 1.165) is 5.56 Å². The average Bonchev–Trinajstić information content (AvgIpc) is 2.58. The van der Waals surface area contributed by atoms with E-state index in [1.54, 1.807) is 14.2 Å². The fourth-order valence-corrected chi connectivity index (χ4v) is 2.01. The zero-order chi connectivity index (χ0) is 16.7. The first-order chi connectivity index (χ1) is 11.1. The molecule has 2 aromatic rings. The van der Waals surface area contributed by atoms with Crippen molar-refractivity contribution in [2.45, 2.75) is 0 Å². The van der Waals surface area contributed by atoms with E-state index in [0.29, 0.717) is 23.6 Å². The molecule has 1 amide bonds. The van der Waals surface area contributed by atoms with Crippen molar-refractivity contribution in [1.82, 2.24) is 5.32 Å². The minimum atomic E-state index is -0.366. The van der Waals surface area contributed by atoms with Crippen molar-refractivity contribution < 1.29 is 18.7 Å². The van der Waals surface area contributed by atoms with Gasteiger partial charge in [-0.3, -0.25) is 4.79 Å². The number of halogens is 1. The molecule has 0 heterocycles. The summed E-state index contributed by atoms with van der Waals surface area (Å²) in [6.45, 7) is 0.366. The second kappa shape index (κ2) is 7.98. The van der Waals surface area contributed by atoms with Crippen molar-refractivity contribution in [2.75, 3.05) is 20.8 Å². The van der Waals surface area contributed by atoms with Gasteiger partial charge in [-0.1, -0.05) is 18.2 Å². The first-order valence-corrected chi connectivity index (χ1v) is 7.06. The highest BCUT2D eigenvalue weighted by molar-refractivity contribution is 5.94. The Bertz CT molecular complexity index is 696. The van der Waals surface area contributed by atoms with Crippen LogP contribution in [0.4, 0.5) is 4.39 Å². The van der Waals surface area contributed by atoms with Crippen LogP contribution in [0.5, 0.6) is 11.5 Å². The van der Waals surface area contributed by atoms with Crippen LogP contribution < -0.4 is 14.8 Å². The Balaban J connectivity index is 1.91. The largest absolute Gasteiger partial charge is 0.493 e. The van der Waals surface area contributed by atoms with Crippen molar-refractivity contribution in [3.8, 4) is 11.5 Å². The number of hydrogen-bond acceptors (Lipinski definition) is 3. The van der Waals surface area contributed by atoms with Gasteiger partial charge in [-0.15, -0.1) is 0 Å². The lowest BCUT2D eigenvalue weighted by atomic mass is 10.2. The van der Waals surface area contributed by atoms with Crippen LogP contribution in [0, 0.1) is 5.82 Å². The first-order valence-electron chi connectivity index (χ1n) is 7.06. The predicted molar refractivity (Wildman–Crippen MR) is 87.3 cm³/mol. The third kappa shape index (κ3) is 4.57. The van der Waals surface area contributed by atoms with Gasteiger partial charge in [-0.2, -0.15) is 0 Å². The summed E-state index contributed by atoms with van der Waals surface area (Å²) in [5, 5.41) is 2.74. The first kappa shape index (κ1) is 16.5. The van der Waals surface area contributed by atoms with Gasteiger partial charge < -0.3 is 14.8 Å². The highest BCUT2D eigenvalue weighted by Crippen LogP contribution is 2.27. The molecular formula is C18H18FNO3. The van der Waals surface area contributed by atoms with Crippen LogP contribution in [0.15, 0.2) is 48.5 Å². The van der Waals surface area contributed by atoms with Gasteiger partial charge in [0.1, 0.15) is 5.82 Å². The Hall–Kier alpha value is -2.82. The molecule has 2 aromatic carbocycles. The summed E-state index contributed by atoms with van der Waals surface area (Å²) in [5.74, 6) is 0.691. The molecule has 0 spiro atoms. The summed E-state index contributed by atoms with van der Waals surface area (Å²) in [7, 11) is 3.16. The summed E-state index contributed by atoms with van der Waals surface area (Å²) in [6.07, 6.45) is 3.69. The quantitative estimate of drug-likeness (QED) is 0.890. The molecule has 5 heteroatoms. The zero-order valence-electron chi connectivity index (χ0n) is 13.0. The molecule has 0 saturated carbocycles. The second-order valence-corrected chi connectivity index (χ2v) is 4.73. The Morgan fingerprint density at radius 3 is 2.43 bits per heavy atom. The molecule has 0 bridgehead atoms. The van der Waals surface area contributed by atoms with Crippen LogP contribution in [0.25, 0.3) is 6.08 Å². The standard InChI is InChI=1S/C18H18FNO3/c1-22-16-10-5-13(12-17(16)23-2)4-3-11-20-18(21)14-6-8-15(19)9-7-14/h3-10,12H,11H2,1-2H3,(H,20,21)/b4-3+. The van der Waals surface area contributed by atoms with E-state index in [4.69, 9.17) is 9.47 Å². The van der Waals surface area contributed by atoms with Gasteiger partial charge in [0.2, 0.25) is 0 Å². The van der Waals surface area contributed by atoms with Gasteiger partial charge in [0, 0.05) is 12.1 Å². The van der Waals surface area contributed by atoms with Crippen molar-refractivity contribution in [3.63, 3.8) is 0 Å². The van der Waals surface area contributed by atoms with Gasteiger partial charge >= 0.3 is 0 Å². The maximum absolute atomic E-state index is 12.8. The van der Waals surface area contributed by atoms with E-state index < -0.39 is 0 Å². The number of ether oxygens (including phenoxy) is 2. The lowest BCUT2D eigenvalue weighted by Gasteiger charge is -2.07. The molecular weight excluding hydrogens is 297 g/mol. The summed E-state index contributed by atoms with van der Waals surface area (Å²) < 4.78 is 23.2. The Kier molecular flexibility index (Phi) is 5.74. The third-order valence-electron chi connectivity index (χ3n) is 3.20. The van der Waals surface area contributed by atoms with E-state index in [2.05, 4.69) is 5.32 Å². The number of amides is 1. The number of hydrogen-bond donors (Lipinski definition) is 1. The minimum Gasteiger partial charge on any atom is -0.493 e. The minimum absolute atomic E-state index is 0.248. The molecule has 4 nitrogen and oxygen atoms in total. The molecule has 23 heavy (non-hydrogen) atoms. The van der Waals surface area contributed by atoms with Gasteiger partial charge in [-0.05, 0) is 42.0 Å². The predicted octanol–water partition coefficient (Wildman–Crippen LogP) is 3.29. The highest BCUT2D eigenvalue weighted by Gasteiger charge is 2.04. The monoisotopic (exact) mass is 315 g/mol. The molecule has 0 atom stereocenters. The maximum atomic E-state index is 12.8. The van der Waals surface area contributed by atoms with Crippen molar-refractivity contribution >= 4 is 12.0 Å². The van der Waals surface area contributed by atoms with Crippen LogP contribution in [-0.4, -0.2) is 26.7 Å². The number of carbonyl (C=O) groups excluding carboxylic acids is 1. The molecule has 0 radical (unpaired) electrons. The van der Waals surface area contributed by atoms with Crippen molar-refractivity contribution in [3.05, 3.63) is 65.5 Å². The van der Waals surface area contributed by atoms with Crippen LogP contribution in [0.2, 0.25) is 0 Å². The number of rotatable bonds is 6.